The van der Waals surface area contributed by atoms with E-state index in [1.54, 1.807) is 17.0 Å². The third-order valence-corrected chi connectivity index (χ3v) is 4.46. The number of nitrogens with zero attached hydrogens (tertiary/aromatic N) is 1. The predicted octanol–water partition coefficient (Wildman–Crippen LogP) is 3.80. The second-order valence-corrected chi connectivity index (χ2v) is 6.20. The summed E-state index contributed by atoms with van der Waals surface area (Å²) in [5.74, 6) is 2.01. The molecule has 1 aliphatic rings. The first kappa shape index (κ1) is 17.4. The number of carbonyl (C=O) groups excluding carboxylic acids is 1. The summed E-state index contributed by atoms with van der Waals surface area (Å²) in [6.45, 7) is 5.15. The van der Waals surface area contributed by atoms with E-state index in [0.717, 1.165) is 16.9 Å². The molecule has 0 N–H and O–H groups in total. The molecule has 1 amide bonds. The summed E-state index contributed by atoms with van der Waals surface area (Å²) in [5.41, 5.74) is 1.90. The molecule has 0 spiro atoms. The van der Waals surface area contributed by atoms with Crippen LogP contribution < -0.4 is 14.2 Å². The molecule has 0 unspecified atom stereocenters. The van der Waals surface area contributed by atoms with Crippen LogP contribution in [-0.4, -0.2) is 30.8 Å². The van der Waals surface area contributed by atoms with Gasteiger partial charge < -0.3 is 19.1 Å². The number of fused-ring (bicyclic) bond motifs is 1. The Kier molecular flexibility index (Phi) is 5.34. The van der Waals surface area contributed by atoms with E-state index in [0.29, 0.717) is 29.6 Å². The van der Waals surface area contributed by atoms with Gasteiger partial charge in [0.15, 0.2) is 18.1 Å². The SMILES string of the molecule is CCN(Cc1ccc2c(c1)OCO2)C(=O)COc1ccc(Cl)c(C)c1. The molecular weight excluding hydrogens is 342 g/mol. The van der Waals surface area contributed by atoms with E-state index >= 15 is 0 Å². The Morgan fingerprint density at radius 1 is 1.20 bits per heavy atom. The van der Waals surface area contributed by atoms with E-state index in [1.807, 2.05) is 38.1 Å². The predicted molar refractivity (Wildman–Crippen MR) is 95.3 cm³/mol. The highest BCUT2D eigenvalue weighted by Crippen LogP contribution is 2.32. The molecule has 0 fully saturated rings. The summed E-state index contributed by atoms with van der Waals surface area (Å²) in [7, 11) is 0. The third-order valence-electron chi connectivity index (χ3n) is 4.04. The van der Waals surface area contributed by atoms with E-state index < -0.39 is 0 Å². The van der Waals surface area contributed by atoms with Crippen LogP contribution in [0.25, 0.3) is 0 Å². The fraction of sp³-hybridized carbons (Fsp3) is 0.316. The first-order valence-electron chi connectivity index (χ1n) is 8.12. The van der Waals surface area contributed by atoms with Gasteiger partial charge in [0.25, 0.3) is 5.91 Å². The van der Waals surface area contributed by atoms with Crippen molar-refractivity contribution in [2.75, 3.05) is 19.9 Å². The largest absolute Gasteiger partial charge is 0.484 e. The van der Waals surface area contributed by atoms with E-state index in [1.165, 1.54) is 0 Å². The Labute approximate surface area is 152 Å². The topological polar surface area (TPSA) is 48.0 Å². The van der Waals surface area contributed by atoms with Crippen molar-refractivity contribution in [2.45, 2.75) is 20.4 Å². The molecule has 3 rings (SSSR count). The standard InChI is InChI=1S/C19H20ClNO4/c1-3-21(10-14-4-7-17-18(9-14)25-12-24-17)19(22)11-23-15-5-6-16(20)13(2)8-15/h4-9H,3,10-12H2,1-2H3. The van der Waals surface area contributed by atoms with Gasteiger partial charge in [0.1, 0.15) is 5.75 Å². The first-order valence-corrected chi connectivity index (χ1v) is 8.50. The van der Waals surface area contributed by atoms with Crippen LogP contribution in [0.3, 0.4) is 0 Å². The Morgan fingerprint density at radius 3 is 2.76 bits per heavy atom. The third kappa shape index (κ3) is 4.17. The molecule has 2 aromatic rings. The normalized spacial score (nSPS) is 12.1. The summed E-state index contributed by atoms with van der Waals surface area (Å²) in [6.07, 6.45) is 0. The van der Waals surface area contributed by atoms with Gasteiger partial charge in [0.05, 0.1) is 0 Å². The molecule has 0 saturated carbocycles. The summed E-state index contributed by atoms with van der Waals surface area (Å²) >= 11 is 6.00. The summed E-state index contributed by atoms with van der Waals surface area (Å²) < 4.78 is 16.3. The number of benzene rings is 2. The van der Waals surface area contributed by atoms with Crippen molar-refractivity contribution in [3.8, 4) is 17.2 Å². The number of amides is 1. The summed E-state index contributed by atoms with van der Waals surface area (Å²) in [4.78, 5) is 14.2. The van der Waals surface area contributed by atoms with Gasteiger partial charge in [-0.05, 0) is 55.3 Å². The molecule has 2 aromatic carbocycles. The molecule has 0 saturated heterocycles. The van der Waals surface area contributed by atoms with Gasteiger partial charge in [0, 0.05) is 18.1 Å². The molecule has 0 aromatic heterocycles. The molecule has 0 radical (unpaired) electrons. The number of aryl methyl sites for hydroxylation is 1. The van der Waals surface area contributed by atoms with Crippen molar-refractivity contribution in [3.05, 3.63) is 52.5 Å². The lowest BCUT2D eigenvalue weighted by Crippen LogP contribution is -2.34. The second-order valence-electron chi connectivity index (χ2n) is 5.80. The Balaban J connectivity index is 1.60. The van der Waals surface area contributed by atoms with Crippen molar-refractivity contribution in [1.29, 1.82) is 0 Å². The molecule has 1 heterocycles. The molecule has 25 heavy (non-hydrogen) atoms. The lowest BCUT2D eigenvalue weighted by atomic mass is 10.2. The van der Waals surface area contributed by atoms with Crippen LogP contribution in [0, 0.1) is 6.92 Å². The Bertz CT molecular complexity index is 778. The van der Waals surface area contributed by atoms with Crippen molar-refractivity contribution in [1.82, 2.24) is 4.90 Å². The Hall–Kier alpha value is -2.40. The highest BCUT2D eigenvalue weighted by atomic mass is 35.5. The summed E-state index contributed by atoms with van der Waals surface area (Å²) in [5, 5.41) is 0.677. The molecule has 0 bridgehead atoms. The summed E-state index contributed by atoms with van der Waals surface area (Å²) in [6, 6.07) is 11.1. The van der Waals surface area contributed by atoms with E-state index in [-0.39, 0.29) is 19.3 Å². The molecule has 6 heteroatoms. The number of hydrogen-bond donors (Lipinski definition) is 0. The van der Waals surface area contributed by atoms with Gasteiger partial charge in [-0.25, -0.2) is 0 Å². The number of likely N-dealkylation sites (N-methyl/N-ethyl adjacent to an activating group) is 1. The maximum absolute atomic E-state index is 12.5. The zero-order valence-corrected chi connectivity index (χ0v) is 15.0. The molecule has 0 atom stereocenters. The minimum absolute atomic E-state index is 0.0144. The second kappa shape index (κ2) is 7.66. The van der Waals surface area contributed by atoms with Crippen LogP contribution in [0.4, 0.5) is 0 Å². The van der Waals surface area contributed by atoms with Gasteiger partial charge in [-0.1, -0.05) is 17.7 Å². The first-order chi connectivity index (χ1) is 12.1. The van der Waals surface area contributed by atoms with Crippen LogP contribution in [-0.2, 0) is 11.3 Å². The van der Waals surface area contributed by atoms with Crippen LogP contribution in [0.1, 0.15) is 18.1 Å². The molecule has 5 nitrogen and oxygen atoms in total. The van der Waals surface area contributed by atoms with E-state index in [2.05, 4.69) is 0 Å². The fourth-order valence-corrected chi connectivity index (χ4v) is 2.70. The maximum Gasteiger partial charge on any atom is 0.260 e. The number of halogens is 1. The monoisotopic (exact) mass is 361 g/mol. The lowest BCUT2D eigenvalue weighted by molar-refractivity contribution is -0.133. The van der Waals surface area contributed by atoms with Crippen LogP contribution in [0.15, 0.2) is 36.4 Å². The van der Waals surface area contributed by atoms with Crippen molar-refractivity contribution >= 4 is 17.5 Å². The van der Waals surface area contributed by atoms with E-state index in [4.69, 9.17) is 25.8 Å². The van der Waals surface area contributed by atoms with Gasteiger partial charge in [-0.15, -0.1) is 0 Å². The number of ether oxygens (including phenoxy) is 3. The minimum atomic E-state index is -0.0761. The average molecular weight is 362 g/mol. The highest BCUT2D eigenvalue weighted by molar-refractivity contribution is 6.31. The molecular formula is C19H20ClNO4. The quantitative estimate of drug-likeness (QED) is 0.785. The highest BCUT2D eigenvalue weighted by Gasteiger charge is 2.17. The molecule has 132 valence electrons. The van der Waals surface area contributed by atoms with E-state index in [9.17, 15) is 4.79 Å². The number of hydrogen-bond acceptors (Lipinski definition) is 4. The average Bonchev–Trinajstić information content (AvgIpc) is 3.08. The maximum atomic E-state index is 12.5. The molecule has 0 aliphatic carbocycles. The zero-order chi connectivity index (χ0) is 17.8. The van der Waals surface area contributed by atoms with Crippen LogP contribution in [0.2, 0.25) is 5.02 Å². The Morgan fingerprint density at radius 2 is 2.00 bits per heavy atom. The van der Waals surface area contributed by atoms with Crippen LogP contribution >= 0.6 is 11.6 Å². The van der Waals surface area contributed by atoms with Gasteiger partial charge in [-0.2, -0.15) is 0 Å². The van der Waals surface area contributed by atoms with Gasteiger partial charge in [0.2, 0.25) is 6.79 Å². The zero-order valence-electron chi connectivity index (χ0n) is 14.3. The number of rotatable bonds is 6. The number of carbonyl (C=O) groups is 1. The molecule has 1 aliphatic heterocycles. The van der Waals surface area contributed by atoms with Crippen LogP contribution in [0.5, 0.6) is 17.2 Å². The lowest BCUT2D eigenvalue weighted by Gasteiger charge is -2.21. The van der Waals surface area contributed by atoms with Crippen molar-refractivity contribution in [2.24, 2.45) is 0 Å². The van der Waals surface area contributed by atoms with Gasteiger partial charge >= 0.3 is 0 Å². The van der Waals surface area contributed by atoms with Gasteiger partial charge in [-0.3, -0.25) is 4.79 Å². The fourth-order valence-electron chi connectivity index (χ4n) is 2.58. The smallest absolute Gasteiger partial charge is 0.260 e. The van der Waals surface area contributed by atoms with Crippen molar-refractivity contribution < 1.29 is 19.0 Å². The minimum Gasteiger partial charge on any atom is -0.484 e. The van der Waals surface area contributed by atoms with Crippen molar-refractivity contribution in [3.63, 3.8) is 0 Å².